The summed E-state index contributed by atoms with van der Waals surface area (Å²) in [6.07, 6.45) is 4.78. The van der Waals surface area contributed by atoms with E-state index in [-0.39, 0.29) is 6.10 Å². The second kappa shape index (κ2) is 9.49. The number of thiophene rings is 1. The van der Waals surface area contributed by atoms with Gasteiger partial charge in [-0.05, 0) is 61.9 Å². The molecule has 1 aromatic carbocycles. The van der Waals surface area contributed by atoms with E-state index in [0.717, 1.165) is 49.2 Å². The molecule has 8 nitrogen and oxygen atoms in total. The van der Waals surface area contributed by atoms with Crippen molar-refractivity contribution in [3.63, 3.8) is 0 Å². The first kappa shape index (κ1) is 21.3. The van der Waals surface area contributed by atoms with E-state index in [1.54, 1.807) is 24.3 Å². The minimum atomic E-state index is -0.621. The molecule has 164 valence electrons. The third-order valence-electron chi connectivity index (χ3n) is 5.30. The Balaban J connectivity index is 1.27. The highest BCUT2D eigenvalue weighted by atomic mass is 32.1. The standard InChI is InChI=1S/C22H24N2O6S/c23-20(26)19-16-4-1-5-17(16)31-21(19)24-18(25)12-30-22(27)13-6-8-14(9-7-13)29-11-15-3-2-10-28-15/h6-9,15H,1-5,10-12H2,(H2,23,26)(H,24,25). The fourth-order valence-electron chi connectivity index (χ4n) is 3.78. The van der Waals surface area contributed by atoms with Crippen molar-refractivity contribution >= 4 is 34.1 Å². The van der Waals surface area contributed by atoms with Gasteiger partial charge in [-0.1, -0.05) is 0 Å². The first-order chi connectivity index (χ1) is 15.0. The van der Waals surface area contributed by atoms with Crippen LogP contribution < -0.4 is 15.8 Å². The van der Waals surface area contributed by atoms with Gasteiger partial charge in [-0.25, -0.2) is 4.79 Å². The molecule has 2 heterocycles. The van der Waals surface area contributed by atoms with Crippen LogP contribution in [0.25, 0.3) is 0 Å². The normalized spacial score (nSPS) is 17.2. The summed E-state index contributed by atoms with van der Waals surface area (Å²) in [6, 6.07) is 6.52. The molecule has 0 bridgehead atoms. The number of nitrogens with one attached hydrogen (secondary N) is 1. The van der Waals surface area contributed by atoms with Gasteiger partial charge >= 0.3 is 5.97 Å². The minimum Gasteiger partial charge on any atom is -0.491 e. The molecule has 31 heavy (non-hydrogen) atoms. The number of nitrogens with two attached hydrogens (primary N) is 1. The smallest absolute Gasteiger partial charge is 0.338 e. The number of fused-ring (bicyclic) bond motifs is 1. The number of carbonyl (C=O) groups excluding carboxylic acids is 3. The van der Waals surface area contributed by atoms with Crippen LogP contribution in [0.3, 0.4) is 0 Å². The summed E-state index contributed by atoms with van der Waals surface area (Å²) in [5.41, 5.74) is 7.09. The van der Waals surface area contributed by atoms with Crippen molar-refractivity contribution in [3.05, 3.63) is 45.8 Å². The van der Waals surface area contributed by atoms with E-state index in [9.17, 15) is 14.4 Å². The Morgan fingerprint density at radius 3 is 2.68 bits per heavy atom. The van der Waals surface area contributed by atoms with Gasteiger partial charge in [0.2, 0.25) is 0 Å². The van der Waals surface area contributed by atoms with Crippen molar-refractivity contribution in [3.8, 4) is 5.75 Å². The second-order valence-electron chi connectivity index (χ2n) is 7.52. The van der Waals surface area contributed by atoms with Gasteiger partial charge < -0.3 is 25.3 Å². The summed E-state index contributed by atoms with van der Waals surface area (Å²) in [5, 5.41) is 3.07. The van der Waals surface area contributed by atoms with Gasteiger partial charge in [-0.3, -0.25) is 9.59 Å². The molecule has 1 unspecified atom stereocenters. The highest BCUT2D eigenvalue weighted by Crippen LogP contribution is 2.38. The lowest BCUT2D eigenvalue weighted by molar-refractivity contribution is -0.119. The van der Waals surface area contributed by atoms with Gasteiger partial charge in [0.05, 0.1) is 17.2 Å². The van der Waals surface area contributed by atoms with Crippen LogP contribution in [-0.2, 0) is 27.1 Å². The summed E-state index contributed by atoms with van der Waals surface area (Å²) in [7, 11) is 0. The predicted octanol–water partition coefficient (Wildman–Crippen LogP) is 2.69. The van der Waals surface area contributed by atoms with E-state index >= 15 is 0 Å². The Bertz CT molecular complexity index is 979. The van der Waals surface area contributed by atoms with E-state index in [1.165, 1.54) is 11.3 Å². The number of amides is 2. The number of primary amides is 1. The molecule has 1 aromatic heterocycles. The number of hydrogen-bond acceptors (Lipinski definition) is 7. The van der Waals surface area contributed by atoms with Gasteiger partial charge in [0, 0.05) is 11.5 Å². The maximum atomic E-state index is 12.2. The quantitative estimate of drug-likeness (QED) is 0.605. The number of esters is 1. The maximum absolute atomic E-state index is 12.2. The van der Waals surface area contributed by atoms with Crippen LogP contribution >= 0.6 is 11.3 Å². The number of ether oxygens (including phenoxy) is 3. The van der Waals surface area contributed by atoms with Crippen LogP contribution in [0.15, 0.2) is 24.3 Å². The second-order valence-corrected chi connectivity index (χ2v) is 8.63. The number of aryl methyl sites for hydroxylation is 1. The molecule has 2 aromatic rings. The molecule has 0 saturated carbocycles. The molecule has 3 N–H and O–H groups in total. The zero-order valence-electron chi connectivity index (χ0n) is 17.0. The van der Waals surface area contributed by atoms with E-state index in [1.807, 2.05) is 0 Å². The van der Waals surface area contributed by atoms with E-state index < -0.39 is 24.4 Å². The molecule has 1 aliphatic heterocycles. The highest BCUT2D eigenvalue weighted by molar-refractivity contribution is 7.17. The zero-order valence-corrected chi connectivity index (χ0v) is 17.8. The first-order valence-corrected chi connectivity index (χ1v) is 11.1. The Labute approximate surface area is 183 Å². The van der Waals surface area contributed by atoms with Crippen molar-refractivity contribution in [1.82, 2.24) is 0 Å². The molecule has 4 rings (SSSR count). The summed E-state index contributed by atoms with van der Waals surface area (Å²) in [5.74, 6) is -1.07. The molecular weight excluding hydrogens is 420 g/mol. The number of hydrogen-bond donors (Lipinski definition) is 2. The van der Waals surface area contributed by atoms with Gasteiger partial charge in [0.25, 0.3) is 11.8 Å². The molecule has 0 radical (unpaired) electrons. The molecule has 1 fully saturated rings. The Morgan fingerprint density at radius 2 is 1.97 bits per heavy atom. The lowest BCUT2D eigenvalue weighted by atomic mass is 10.1. The van der Waals surface area contributed by atoms with E-state index in [4.69, 9.17) is 19.9 Å². The van der Waals surface area contributed by atoms with Crippen molar-refractivity contribution in [2.24, 2.45) is 5.73 Å². The fraction of sp³-hybridized carbons (Fsp3) is 0.409. The molecule has 1 saturated heterocycles. The van der Waals surface area contributed by atoms with Crippen LogP contribution in [0.4, 0.5) is 5.00 Å². The largest absolute Gasteiger partial charge is 0.491 e. The van der Waals surface area contributed by atoms with Gasteiger partial charge in [-0.2, -0.15) is 0 Å². The molecule has 1 atom stereocenters. The first-order valence-electron chi connectivity index (χ1n) is 10.3. The van der Waals surface area contributed by atoms with Crippen LogP contribution in [-0.4, -0.2) is 43.7 Å². The number of anilines is 1. The monoisotopic (exact) mass is 444 g/mol. The van der Waals surface area contributed by atoms with E-state index in [0.29, 0.717) is 28.5 Å². The van der Waals surface area contributed by atoms with Gasteiger partial charge in [0.15, 0.2) is 6.61 Å². The maximum Gasteiger partial charge on any atom is 0.338 e. The Hall–Kier alpha value is -2.91. The third-order valence-corrected chi connectivity index (χ3v) is 6.51. The summed E-state index contributed by atoms with van der Waals surface area (Å²) in [6.45, 7) is 0.783. The molecule has 9 heteroatoms. The van der Waals surface area contributed by atoms with Crippen molar-refractivity contribution in [2.75, 3.05) is 25.1 Å². The summed E-state index contributed by atoms with van der Waals surface area (Å²) in [4.78, 5) is 37.4. The number of rotatable bonds is 8. The van der Waals surface area contributed by atoms with Crippen molar-refractivity contribution in [2.45, 2.75) is 38.2 Å². The minimum absolute atomic E-state index is 0.114. The van der Waals surface area contributed by atoms with Crippen LogP contribution in [0.1, 0.15) is 50.4 Å². The Morgan fingerprint density at radius 1 is 1.16 bits per heavy atom. The molecular formula is C22H24N2O6S. The predicted molar refractivity (Wildman–Crippen MR) is 115 cm³/mol. The number of carbonyl (C=O) groups is 3. The van der Waals surface area contributed by atoms with E-state index in [2.05, 4.69) is 5.32 Å². The van der Waals surface area contributed by atoms with Crippen LogP contribution in [0.2, 0.25) is 0 Å². The average molecular weight is 445 g/mol. The SMILES string of the molecule is NC(=O)c1c(NC(=O)COC(=O)c2ccc(OCC3CCCO3)cc2)sc2c1CCC2. The summed E-state index contributed by atoms with van der Waals surface area (Å²) < 4.78 is 16.3. The number of benzene rings is 1. The van der Waals surface area contributed by atoms with Gasteiger partial charge in [-0.15, -0.1) is 11.3 Å². The molecule has 2 aliphatic rings. The third kappa shape index (κ3) is 5.05. The molecule has 0 spiro atoms. The zero-order chi connectivity index (χ0) is 21.8. The summed E-state index contributed by atoms with van der Waals surface area (Å²) >= 11 is 1.36. The molecule has 2 amide bonds. The molecule has 1 aliphatic carbocycles. The fourth-order valence-corrected chi connectivity index (χ4v) is 5.09. The van der Waals surface area contributed by atoms with Gasteiger partial charge in [0.1, 0.15) is 17.4 Å². The Kier molecular flexibility index (Phi) is 6.53. The highest BCUT2D eigenvalue weighted by Gasteiger charge is 2.26. The topological polar surface area (TPSA) is 117 Å². The average Bonchev–Trinajstić information content (AvgIpc) is 3.48. The van der Waals surface area contributed by atoms with Crippen molar-refractivity contribution in [1.29, 1.82) is 0 Å². The van der Waals surface area contributed by atoms with Crippen LogP contribution in [0.5, 0.6) is 5.75 Å². The van der Waals surface area contributed by atoms with Crippen LogP contribution in [0, 0.1) is 0 Å². The lowest BCUT2D eigenvalue weighted by Crippen LogP contribution is -2.22. The van der Waals surface area contributed by atoms with Crippen molar-refractivity contribution < 1.29 is 28.6 Å². The lowest BCUT2D eigenvalue weighted by Gasteiger charge is -2.11.